The minimum Gasteiger partial charge on any atom is -0.346 e. The van der Waals surface area contributed by atoms with Crippen LogP contribution in [0.1, 0.15) is 33.6 Å². The van der Waals surface area contributed by atoms with Crippen molar-refractivity contribution in [3.8, 4) is 0 Å². The van der Waals surface area contributed by atoms with Crippen molar-refractivity contribution in [3.05, 3.63) is 72.7 Å². The minimum absolute atomic E-state index is 0.406. The molecule has 0 bridgehead atoms. The number of nitrogens with zero attached hydrogens (tertiary/aromatic N) is 1. The third kappa shape index (κ3) is 2.70. The first kappa shape index (κ1) is 15.6. The molecule has 2 aliphatic rings. The molecule has 1 heterocycles. The Hall–Kier alpha value is -1.76. The van der Waals surface area contributed by atoms with E-state index in [1.165, 1.54) is 12.8 Å². The number of hydrogen-bond donors (Lipinski definition) is 0. The SMILES string of the molecule is C=CC1=CN(CC2(C)CC2CC)C(C(=C)C)=C(C=C)C1=C. The summed E-state index contributed by atoms with van der Waals surface area (Å²) in [6, 6.07) is 0. The Morgan fingerprint density at radius 1 is 1.43 bits per heavy atom. The highest BCUT2D eigenvalue weighted by atomic mass is 15.1. The zero-order valence-electron chi connectivity index (χ0n) is 13.7. The first-order valence-corrected chi connectivity index (χ1v) is 7.71. The van der Waals surface area contributed by atoms with E-state index in [1.807, 2.05) is 12.2 Å². The summed E-state index contributed by atoms with van der Waals surface area (Å²) < 4.78 is 0. The number of rotatable bonds is 6. The van der Waals surface area contributed by atoms with E-state index in [9.17, 15) is 0 Å². The molecular weight excluding hydrogens is 254 g/mol. The van der Waals surface area contributed by atoms with Crippen LogP contribution in [0.3, 0.4) is 0 Å². The van der Waals surface area contributed by atoms with Crippen LogP contribution >= 0.6 is 0 Å². The van der Waals surface area contributed by atoms with Gasteiger partial charge in [0.05, 0.1) is 5.70 Å². The molecule has 2 unspecified atom stereocenters. The largest absolute Gasteiger partial charge is 0.346 e. The van der Waals surface area contributed by atoms with Crippen LogP contribution in [0, 0.1) is 11.3 Å². The highest BCUT2D eigenvalue weighted by molar-refractivity contribution is 5.61. The molecule has 0 aromatic heterocycles. The first-order valence-electron chi connectivity index (χ1n) is 7.71. The van der Waals surface area contributed by atoms with E-state index >= 15 is 0 Å². The summed E-state index contributed by atoms with van der Waals surface area (Å²) in [5.74, 6) is 0.835. The quantitative estimate of drug-likeness (QED) is 0.631. The van der Waals surface area contributed by atoms with Crippen molar-refractivity contribution in [2.75, 3.05) is 6.54 Å². The summed E-state index contributed by atoms with van der Waals surface area (Å²) in [4.78, 5) is 2.33. The average molecular weight is 281 g/mol. The zero-order valence-corrected chi connectivity index (χ0v) is 13.7. The molecular formula is C20H27N. The highest BCUT2D eigenvalue weighted by Crippen LogP contribution is 2.55. The second-order valence-electron chi connectivity index (χ2n) is 6.61. The van der Waals surface area contributed by atoms with Gasteiger partial charge in [-0.2, -0.15) is 0 Å². The predicted octanol–water partition coefficient (Wildman–Crippen LogP) is 5.38. The maximum absolute atomic E-state index is 4.19. The fourth-order valence-corrected chi connectivity index (χ4v) is 3.48. The molecule has 2 atom stereocenters. The van der Waals surface area contributed by atoms with E-state index in [-0.39, 0.29) is 0 Å². The number of hydrogen-bond acceptors (Lipinski definition) is 1. The van der Waals surface area contributed by atoms with Crippen LogP contribution < -0.4 is 0 Å². The van der Waals surface area contributed by atoms with Crippen LogP contribution in [0.5, 0.6) is 0 Å². The van der Waals surface area contributed by atoms with Gasteiger partial charge in [-0.05, 0) is 41.4 Å². The molecule has 0 N–H and O–H groups in total. The molecule has 1 aliphatic heterocycles. The minimum atomic E-state index is 0.406. The molecule has 0 aromatic rings. The van der Waals surface area contributed by atoms with Gasteiger partial charge in [-0.1, -0.05) is 58.7 Å². The summed E-state index contributed by atoms with van der Waals surface area (Å²) >= 11 is 0. The van der Waals surface area contributed by atoms with Crippen LogP contribution in [0.25, 0.3) is 0 Å². The first-order chi connectivity index (χ1) is 9.87. The lowest BCUT2D eigenvalue weighted by Gasteiger charge is -2.34. The summed E-state index contributed by atoms with van der Waals surface area (Å²) in [7, 11) is 0. The van der Waals surface area contributed by atoms with Gasteiger partial charge in [0.2, 0.25) is 0 Å². The van der Waals surface area contributed by atoms with Gasteiger partial charge in [0, 0.05) is 18.3 Å². The highest BCUT2D eigenvalue weighted by Gasteiger charge is 2.49. The third-order valence-electron chi connectivity index (χ3n) is 4.90. The van der Waals surface area contributed by atoms with Crippen molar-refractivity contribution in [1.82, 2.24) is 4.90 Å². The molecule has 112 valence electrons. The maximum atomic E-state index is 4.19. The van der Waals surface area contributed by atoms with Gasteiger partial charge in [-0.25, -0.2) is 0 Å². The van der Waals surface area contributed by atoms with Crippen LogP contribution in [0.4, 0.5) is 0 Å². The monoisotopic (exact) mass is 281 g/mol. The van der Waals surface area contributed by atoms with E-state index in [0.29, 0.717) is 5.41 Å². The van der Waals surface area contributed by atoms with Crippen LogP contribution in [0.15, 0.2) is 72.7 Å². The van der Waals surface area contributed by atoms with Gasteiger partial charge in [0.25, 0.3) is 0 Å². The molecule has 0 saturated heterocycles. The Kier molecular flexibility index (Phi) is 4.13. The van der Waals surface area contributed by atoms with Crippen molar-refractivity contribution in [2.24, 2.45) is 11.3 Å². The Morgan fingerprint density at radius 2 is 2.10 bits per heavy atom. The molecule has 0 amide bonds. The van der Waals surface area contributed by atoms with Crippen LogP contribution in [-0.2, 0) is 0 Å². The van der Waals surface area contributed by atoms with Crippen LogP contribution in [0.2, 0.25) is 0 Å². The lowest BCUT2D eigenvalue weighted by Crippen LogP contribution is -2.29. The van der Waals surface area contributed by atoms with E-state index in [0.717, 1.165) is 40.5 Å². The lowest BCUT2D eigenvalue weighted by molar-refractivity contribution is 0.339. The van der Waals surface area contributed by atoms with Gasteiger partial charge in [0.15, 0.2) is 0 Å². The molecule has 1 saturated carbocycles. The summed E-state index contributed by atoms with van der Waals surface area (Å²) in [6.07, 6.45) is 8.51. The normalized spacial score (nSPS) is 28.3. The molecule has 1 aliphatic carbocycles. The summed E-state index contributed by atoms with van der Waals surface area (Å²) in [6.45, 7) is 24.0. The average Bonchev–Trinajstić information content (AvgIpc) is 3.09. The molecule has 0 aromatic carbocycles. The van der Waals surface area contributed by atoms with Gasteiger partial charge in [-0.3, -0.25) is 0 Å². The molecule has 0 radical (unpaired) electrons. The Morgan fingerprint density at radius 3 is 2.52 bits per heavy atom. The van der Waals surface area contributed by atoms with Crippen molar-refractivity contribution >= 4 is 0 Å². The Bertz CT molecular complexity index is 573. The fourth-order valence-electron chi connectivity index (χ4n) is 3.48. The van der Waals surface area contributed by atoms with E-state index < -0.39 is 0 Å². The third-order valence-corrected chi connectivity index (χ3v) is 4.90. The van der Waals surface area contributed by atoms with E-state index in [1.54, 1.807) is 0 Å². The predicted molar refractivity (Wildman–Crippen MR) is 92.7 cm³/mol. The van der Waals surface area contributed by atoms with Crippen molar-refractivity contribution in [2.45, 2.75) is 33.6 Å². The maximum Gasteiger partial charge on any atom is 0.0509 e. The second-order valence-corrected chi connectivity index (χ2v) is 6.61. The van der Waals surface area contributed by atoms with Gasteiger partial charge in [-0.15, -0.1) is 0 Å². The number of allylic oxidation sites excluding steroid dienone is 6. The Labute approximate surface area is 129 Å². The molecule has 0 spiro atoms. The molecule has 1 nitrogen and oxygen atoms in total. The molecule has 1 heteroatoms. The van der Waals surface area contributed by atoms with Crippen molar-refractivity contribution in [1.29, 1.82) is 0 Å². The van der Waals surface area contributed by atoms with Gasteiger partial charge < -0.3 is 4.90 Å². The fraction of sp³-hybridized carbons (Fsp3) is 0.400. The van der Waals surface area contributed by atoms with Gasteiger partial charge in [0.1, 0.15) is 0 Å². The second kappa shape index (κ2) is 5.55. The summed E-state index contributed by atoms with van der Waals surface area (Å²) in [5.41, 5.74) is 5.77. The molecule has 21 heavy (non-hydrogen) atoms. The summed E-state index contributed by atoms with van der Waals surface area (Å²) in [5, 5.41) is 0. The van der Waals surface area contributed by atoms with E-state index in [2.05, 4.69) is 58.2 Å². The smallest absolute Gasteiger partial charge is 0.0509 e. The van der Waals surface area contributed by atoms with Crippen molar-refractivity contribution in [3.63, 3.8) is 0 Å². The zero-order chi connectivity index (χ0) is 15.8. The van der Waals surface area contributed by atoms with Gasteiger partial charge >= 0.3 is 0 Å². The standard InChI is InChI=1S/C20H27N/c1-8-16-12-21(13-20(7)11-17(20)9-2)19(14(4)5)18(10-3)15(16)6/h8,10,12,17H,1,3-4,6,9,11,13H2,2,5,7H3. The Balaban J connectivity index is 2.40. The topological polar surface area (TPSA) is 3.24 Å². The molecule has 2 rings (SSSR count). The van der Waals surface area contributed by atoms with E-state index in [4.69, 9.17) is 0 Å². The van der Waals surface area contributed by atoms with Crippen LogP contribution in [-0.4, -0.2) is 11.4 Å². The lowest BCUT2D eigenvalue weighted by atomic mass is 9.91. The molecule has 1 fully saturated rings. The van der Waals surface area contributed by atoms with Crippen molar-refractivity contribution < 1.29 is 0 Å².